The molecule has 0 aromatic carbocycles. The Hall–Kier alpha value is 0.0969. The topological polar surface area (TPSA) is 49.7 Å². The van der Waals surface area contributed by atoms with Crippen molar-refractivity contribution in [1.29, 1.82) is 0 Å². The number of rotatable bonds is 11. The molecule has 0 aromatic heterocycles. The van der Waals surface area contributed by atoms with Gasteiger partial charge in [-0.15, -0.1) is 0 Å². The first-order valence-electron chi connectivity index (χ1n) is 8.32. The highest BCUT2D eigenvalue weighted by atomic mass is 28.4. The van der Waals surface area contributed by atoms with Crippen LogP contribution in [0.3, 0.4) is 0 Å². The molecule has 0 spiro atoms. The van der Waals surface area contributed by atoms with E-state index < -0.39 is 14.4 Å². The molecule has 0 aliphatic rings. The van der Waals surface area contributed by atoms with Crippen molar-refractivity contribution >= 4 is 8.32 Å². The molecule has 0 fully saturated rings. The standard InChI is InChI=1S/C16H36O3Si/c1-7-20(8-2,9-3)19-16(12-13(4)5)14(6)15(18)10-11-17/h13-18H,7-12H2,1-6H3/t14-,15-,16+/m0/s1. The van der Waals surface area contributed by atoms with Crippen LogP contribution < -0.4 is 0 Å². The highest BCUT2D eigenvalue weighted by Gasteiger charge is 2.35. The monoisotopic (exact) mass is 304 g/mol. The molecule has 0 saturated carbocycles. The SMILES string of the molecule is CC[Si](CC)(CC)O[C@H](CC(C)C)[C@@H](C)[C@@H](O)CCO. The van der Waals surface area contributed by atoms with Crippen molar-refractivity contribution in [3.63, 3.8) is 0 Å². The van der Waals surface area contributed by atoms with Crippen LogP contribution in [-0.2, 0) is 4.43 Å². The molecule has 2 N–H and O–H groups in total. The maximum atomic E-state index is 10.2. The van der Waals surface area contributed by atoms with E-state index in [1.54, 1.807) is 0 Å². The molecule has 0 unspecified atom stereocenters. The van der Waals surface area contributed by atoms with Crippen LogP contribution in [0.5, 0.6) is 0 Å². The first kappa shape index (κ1) is 20.1. The number of aliphatic hydroxyl groups excluding tert-OH is 2. The molecular formula is C16H36O3Si. The van der Waals surface area contributed by atoms with E-state index >= 15 is 0 Å². The highest BCUT2D eigenvalue weighted by molar-refractivity contribution is 6.73. The lowest BCUT2D eigenvalue weighted by molar-refractivity contribution is 0.00822. The van der Waals surface area contributed by atoms with Crippen LogP contribution >= 0.6 is 0 Å². The minimum absolute atomic E-state index is 0.0395. The minimum atomic E-state index is -1.65. The lowest BCUT2D eigenvalue weighted by Crippen LogP contribution is -2.45. The molecule has 122 valence electrons. The summed E-state index contributed by atoms with van der Waals surface area (Å²) in [6.45, 7) is 13.2. The molecule has 4 heteroatoms. The zero-order valence-electron chi connectivity index (χ0n) is 14.4. The average molecular weight is 305 g/mol. The fraction of sp³-hybridized carbons (Fsp3) is 1.00. The molecule has 0 bridgehead atoms. The van der Waals surface area contributed by atoms with Gasteiger partial charge in [0.05, 0.1) is 12.2 Å². The number of hydrogen-bond acceptors (Lipinski definition) is 3. The third-order valence-corrected chi connectivity index (χ3v) is 9.33. The Morgan fingerprint density at radius 2 is 1.50 bits per heavy atom. The second kappa shape index (κ2) is 9.93. The first-order valence-corrected chi connectivity index (χ1v) is 10.8. The van der Waals surface area contributed by atoms with Crippen molar-refractivity contribution in [2.75, 3.05) is 6.61 Å². The van der Waals surface area contributed by atoms with E-state index in [1.165, 1.54) is 0 Å². The van der Waals surface area contributed by atoms with Gasteiger partial charge in [0.2, 0.25) is 0 Å². The fourth-order valence-corrected chi connectivity index (χ4v) is 5.75. The summed E-state index contributed by atoms with van der Waals surface area (Å²) in [4.78, 5) is 0. The van der Waals surface area contributed by atoms with E-state index in [0.717, 1.165) is 24.6 Å². The third kappa shape index (κ3) is 6.25. The molecule has 0 aromatic rings. The van der Waals surface area contributed by atoms with Gasteiger partial charge in [-0.25, -0.2) is 0 Å². The van der Waals surface area contributed by atoms with E-state index in [1.807, 2.05) is 0 Å². The van der Waals surface area contributed by atoms with Crippen molar-refractivity contribution in [2.24, 2.45) is 11.8 Å². The molecule has 0 rings (SSSR count). The fourth-order valence-electron chi connectivity index (χ4n) is 2.80. The minimum Gasteiger partial charge on any atom is -0.414 e. The molecule has 20 heavy (non-hydrogen) atoms. The number of aliphatic hydroxyl groups is 2. The Labute approximate surface area is 126 Å². The quantitative estimate of drug-likeness (QED) is 0.571. The lowest BCUT2D eigenvalue weighted by atomic mass is 9.90. The van der Waals surface area contributed by atoms with Gasteiger partial charge in [-0.2, -0.15) is 0 Å². The predicted molar refractivity (Wildman–Crippen MR) is 88.4 cm³/mol. The summed E-state index contributed by atoms with van der Waals surface area (Å²) in [5.41, 5.74) is 0. The maximum Gasteiger partial charge on any atom is 0.192 e. The molecule has 0 radical (unpaired) electrons. The molecule has 0 amide bonds. The van der Waals surface area contributed by atoms with E-state index in [9.17, 15) is 5.11 Å². The van der Waals surface area contributed by atoms with Crippen molar-refractivity contribution in [3.05, 3.63) is 0 Å². The highest BCUT2D eigenvalue weighted by Crippen LogP contribution is 2.30. The average Bonchev–Trinajstić information content (AvgIpc) is 2.42. The summed E-state index contributed by atoms with van der Waals surface area (Å²) in [5, 5.41) is 19.2. The number of hydrogen-bond donors (Lipinski definition) is 2. The van der Waals surface area contributed by atoms with Gasteiger partial charge >= 0.3 is 0 Å². The summed E-state index contributed by atoms with van der Waals surface area (Å²) < 4.78 is 6.62. The zero-order valence-corrected chi connectivity index (χ0v) is 15.4. The second-order valence-corrected chi connectivity index (χ2v) is 11.2. The molecule has 3 nitrogen and oxygen atoms in total. The largest absolute Gasteiger partial charge is 0.414 e. The van der Waals surface area contributed by atoms with Crippen LogP contribution in [-0.4, -0.2) is 37.3 Å². The normalized spacial score (nSPS) is 17.2. The molecule has 0 aliphatic carbocycles. The van der Waals surface area contributed by atoms with Crippen LogP contribution in [0.4, 0.5) is 0 Å². The van der Waals surface area contributed by atoms with Gasteiger partial charge < -0.3 is 14.6 Å². The van der Waals surface area contributed by atoms with Gasteiger partial charge in [0.25, 0.3) is 0 Å². The van der Waals surface area contributed by atoms with Gasteiger partial charge in [0, 0.05) is 12.5 Å². The van der Waals surface area contributed by atoms with Crippen molar-refractivity contribution in [2.45, 2.75) is 84.7 Å². The van der Waals surface area contributed by atoms with E-state index in [4.69, 9.17) is 9.53 Å². The Morgan fingerprint density at radius 3 is 1.85 bits per heavy atom. The summed E-state index contributed by atoms with van der Waals surface area (Å²) >= 11 is 0. The van der Waals surface area contributed by atoms with Crippen LogP contribution in [0.15, 0.2) is 0 Å². The third-order valence-electron chi connectivity index (χ3n) is 4.66. The van der Waals surface area contributed by atoms with Gasteiger partial charge in [0.15, 0.2) is 8.32 Å². The van der Waals surface area contributed by atoms with Crippen LogP contribution in [0.25, 0.3) is 0 Å². The second-order valence-electron chi connectivity index (χ2n) is 6.47. The Morgan fingerprint density at radius 1 is 1.00 bits per heavy atom. The van der Waals surface area contributed by atoms with E-state index in [-0.39, 0.29) is 18.6 Å². The molecular weight excluding hydrogens is 268 g/mol. The first-order chi connectivity index (χ1) is 9.35. The summed E-state index contributed by atoms with van der Waals surface area (Å²) in [5.74, 6) is 0.641. The molecule has 0 heterocycles. The van der Waals surface area contributed by atoms with E-state index in [2.05, 4.69) is 41.5 Å². The molecule has 3 atom stereocenters. The Balaban J connectivity index is 4.95. The molecule has 0 saturated heterocycles. The Bertz CT molecular complexity index is 234. The summed E-state index contributed by atoms with van der Waals surface area (Å²) in [7, 11) is -1.65. The summed E-state index contributed by atoms with van der Waals surface area (Å²) in [6.07, 6.45) is 1.07. The Kier molecular flexibility index (Phi) is 9.98. The van der Waals surface area contributed by atoms with Gasteiger partial charge in [-0.05, 0) is 36.9 Å². The maximum absolute atomic E-state index is 10.2. The van der Waals surface area contributed by atoms with Crippen LogP contribution in [0.1, 0.15) is 54.4 Å². The summed E-state index contributed by atoms with van der Waals surface area (Å²) in [6, 6.07) is 3.41. The lowest BCUT2D eigenvalue weighted by Gasteiger charge is -2.38. The van der Waals surface area contributed by atoms with Gasteiger partial charge in [0.1, 0.15) is 0 Å². The zero-order chi connectivity index (χ0) is 15.8. The predicted octanol–water partition coefficient (Wildman–Crippen LogP) is 3.80. The van der Waals surface area contributed by atoms with Crippen LogP contribution in [0.2, 0.25) is 18.1 Å². The van der Waals surface area contributed by atoms with Crippen molar-refractivity contribution in [1.82, 2.24) is 0 Å². The smallest absolute Gasteiger partial charge is 0.192 e. The van der Waals surface area contributed by atoms with Gasteiger partial charge in [-0.3, -0.25) is 0 Å². The van der Waals surface area contributed by atoms with Crippen LogP contribution in [0, 0.1) is 11.8 Å². The molecule has 0 aliphatic heterocycles. The van der Waals surface area contributed by atoms with Gasteiger partial charge in [-0.1, -0.05) is 41.5 Å². The van der Waals surface area contributed by atoms with Crippen molar-refractivity contribution < 1.29 is 14.6 Å². The van der Waals surface area contributed by atoms with E-state index in [0.29, 0.717) is 12.3 Å². The van der Waals surface area contributed by atoms with Crippen molar-refractivity contribution in [3.8, 4) is 0 Å².